The van der Waals surface area contributed by atoms with Gasteiger partial charge in [0.1, 0.15) is 12.7 Å². The molecule has 7 heteroatoms. The van der Waals surface area contributed by atoms with Crippen molar-refractivity contribution in [3.8, 4) is 5.69 Å². The summed E-state index contributed by atoms with van der Waals surface area (Å²) in [6.07, 6.45) is 3.11. The Bertz CT molecular complexity index is 795. The minimum Gasteiger partial charge on any atom is -0.350 e. The van der Waals surface area contributed by atoms with E-state index in [0.29, 0.717) is 12.1 Å². The van der Waals surface area contributed by atoms with E-state index in [1.807, 2.05) is 24.3 Å². The van der Waals surface area contributed by atoms with Gasteiger partial charge in [-0.25, -0.2) is 9.67 Å². The quantitative estimate of drug-likeness (QED) is 0.663. The molecule has 2 aromatic heterocycles. The Balaban J connectivity index is 1.66. The van der Waals surface area contributed by atoms with Gasteiger partial charge in [-0.1, -0.05) is 13.8 Å². The molecule has 0 spiro atoms. The molecule has 1 amide bonds. The summed E-state index contributed by atoms with van der Waals surface area (Å²) in [5, 5.41) is 11.4. The van der Waals surface area contributed by atoms with Gasteiger partial charge in [0.05, 0.1) is 11.7 Å². The number of carbonyl (C=O) groups excluding carboxylic acids is 1. The second kappa shape index (κ2) is 8.73. The predicted octanol–water partition coefficient (Wildman–Crippen LogP) is 3.14. The molecule has 6 nitrogen and oxygen atoms in total. The van der Waals surface area contributed by atoms with Crippen molar-refractivity contribution >= 4 is 17.2 Å². The fraction of sp³-hybridized carbons (Fsp3) is 0.316. The molecule has 0 aliphatic heterocycles. The largest absolute Gasteiger partial charge is 0.350 e. The van der Waals surface area contributed by atoms with Crippen LogP contribution < -0.4 is 5.32 Å². The highest BCUT2D eigenvalue weighted by Gasteiger charge is 2.19. The molecule has 1 aromatic carbocycles. The van der Waals surface area contributed by atoms with E-state index in [1.165, 1.54) is 11.9 Å². The molecular formula is C19H23N5OS. The maximum Gasteiger partial charge on any atom is 0.251 e. The summed E-state index contributed by atoms with van der Waals surface area (Å²) >= 11 is 1.68. The van der Waals surface area contributed by atoms with Crippen LogP contribution in [0.3, 0.4) is 0 Å². The number of hydrogen-bond acceptors (Lipinski definition) is 5. The average Bonchev–Trinajstić information content (AvgIpc) is 3.39. The van der Waals surface area contributed by atoms with E-state index in [9.17, 15) is 4.79 Å². The van der Waals surface area contributed by atoms with Crippen molar-refractivity contribution in [3.63, 3.8) is 0 Å². The Morgan fingerprint density at radius 1 is 1.23 bits per heavy atom. The van der Waals surface area contributed by atoms with Gasteiger partial charge in [-0.2, -0.15) is 16.4 Å². The Morgan fingerprint density at radius 3 is 2.58 bits per heavy atom. The number of aromatic nitrogens is 3. The van der Waals surface area contributed by atoms with E-state index < -0.39 is 0 Å². The summed E-state index contributed by atoms with van der Waals surface area (Å²) < 4.78 is 1.66. The summed E-state index contributed by atoms with van der Waals surface area (Å²) in [5.41, 5.74) is 2.76. The summed E-state index contributed by atoms with van der Waals surface area (Å²) in [7, 11) is 0. The smallest absolute Gasteiger partial charge is 0.251 e. The van der Waals surface area contributed by atoms with Gasteiger partial charge in [0.2, 0.25) is 0 Å². The zero-order valence-electron chi connectivity index (χ0n) is 15.0. The van der Waals surface area contributed by atoms with Crippen LogP contribution in [0.25, 0.3) is 5.69 Å². The molecule has 0 radical (unpaired) electrons. The summed E-state index contributed by atoms with van der Waals surface area (Å²) in [5.74, 6) is -0.0671. The monoisotopic (exact) mass is 369 g/mol. The van der Waals surface area contributed by atoms with Crippen LogP contribution >= 0.6 is 11.3 Å². The number of nitrogens with zero attached hydrogens (tertiary/aromatic N) is 4. The lowest BCUT2D eigenvalue weighted by Crippen LogP contribution is -2.37. The van der Waals surface area contributed by atoms with E-state index in [1.54, 1.807) is 22.3 Å². The molecule has 3 aromatic rings. The first-order valence-corrected chi connectivity index (χ1v) is 9.66. The number of thiophene rings is 1. The molecule has 3 rings (SSSR count). The van der Waals surface area contributed by atoms with Crippen LogP contribution in [0, 0.1) is 0 Å². The van der Waals surface area contributed by atoms with Crippen molar-refractivity contribution in [2.45, 2.75) is 19.9 Å². The van der Waals surface area contributed by atoms with Crippen LogP contribution in [-0.4, -0.2) is 45.2 Å². The lowest BCUT2D eigenvalue weighted by Gasteiger charge is -2.29. The molecule has 0 fully saturated rings. The maximum atomic E-state index is 12.6. The molecule has 0 saturated heterocycles. The summed E-state index contributed by atoms with van der Waals surface area (Å²) in [6.45, 7) is 6.77. The van der Waals surface area contributed by atoms with Gasteiger partial charge in [-0.05, 0) is 59.7 Å². The predicted molar refractivity (Wildman–Crippen MR) is 104 cm³/mol. The Kier molecular flexibility index (Phi) is 6.14. The summed E-state index contributed by atoms with van der Waals surface area (Å²) in [4.78, 5) is 18.8. The standard InChI is InChI=1S/C19H23N5OS/c1-3-23(4-2)18(16-9-10-26-12-16)11-21-19(25)15-5-7-17(8-6-15)24-14-20-13-22-24/h5-10,12-14,18H,3-4,11H2,1-2H3,(H,21,25)/t18-/m0/s1. The topological polar surface area (TPSA) is 63.1 Å². The van der Waals surface area contributed by atoms with Gasteiger partial charge in [0.25, 0.3) is 5.91 Å². The second-order valence-electron chi connectivity index (χ2n) is 5.89. The third kappa shape index (κ3) is 4.17. The van der Waals surface area contributed by atoms with Crippen LogP contribution in [0.1, 0.15) is 35.8 Å². The van der Waals surface area contributed by atoms with Gasteiger partial charge < -0.3 is 5.32 Å². The van der Waals surface area contributed by atoms with E-state index in [-0.39, 0.29) is 11.9 Å². The van der Waals surface area contributed by atoms with Crippen LogP contribution in [0.2, 0.25) is 0 Å². The Morgan fingerprint density at radius 2 is 2.00 bits per heavy atom. The number of hydrogen-bond donors (Lipinski definition) is 1. The van der Waals surface area contributed by atoms with E-state index in [0.717, 1.165) is 18.8 Å². The van der Waals surface area contributed by atoms with Crippen molar-refractivity contribution in [2.75, 3.05) is 19.6 Å². The van der Waals surface area contributed by atoms with E-state index in [4.69, 9.17) is 0 Å². The molecule has 0 aliphatic carbocycles. The number of amides is 1. The minimum atomic E-state index is -0.0671. The van der Waals surface area contributed by atoms with Gasteiger partial charge >= 0.3 is 0 Å². The lowest BCUT2D eigenvalue weighted by atomic mass is 10.1. The van der Waals surface area contributed by atoms with Crippen molar-refractivity contribution in [1.82, 2.24) is 25.0 Å². The van der Waals surface area contributed by atoms with E-state index >= 15 is 0 Å². The molecule has 0 unspecified atom stereocenters. The van der Waals surface area contributed by atoms with Crippen molar-refractivity contribution < 1.29 is 4.79 Å². The lowest BCUT2D eigenvalue weighted by molar-refractivity contribution is 0.0935. The van der Waals surface area contributed by atoms with Gasteiger partial charge in [-0.15, -0.1) is 0 Å². The highest BCUT2D eigenvalue weighted by atomic mass is 32.1. The number of likely N-dealkylation sites (N-methyl/N-ethyl adjacent to an activating group) is 1. The van der Waals surface area contributed by atoms with Crippen LogP contribution in [0.4, 0.5) is 0 Å². The highest BCUT2D eigenvalue weighted by Crippen LogP contribution is 2.22. The van der Waals surface area contributed by atoms with Crippen LogP contribution in [0.5, 0.6) is 0 Å². The van der Waals surface area contributed by atoms with Gasteiger partial charge in [0.15, 0.2) is 0 Å². The number of benzene rings is 1. The first-order valence-electron chi connectivity index (χ1n) is 8.72. The van der Waals surface area contributed by atoms with Crippen LogP contribution in [0.15, 0.2) is 53.7 Å². The fourth-order valence-electron chi connectivity index (χ4n) is 2.99. The van der Waals surface area contributed by atoms with E-state index in [2.05, 4.69) is 51.0 Å². The normalized spacial score (nSPS) is 12.3. The zero-order valence-corrected chi connectivity index (χ0v) is 15.8. The van der Waals surface area contributed by atoms with Crippen molar-refractivity contribution in [3.05, 3.63) is 64.9 Å². The molecule has 26 heavy (non-hydrogen) atoms. The SMILES string of the molecule is CCN(CC)[C@@H](CNC(=O)c1ccc(-n2cncn2)cc1)c1ccsc1. The van der Waals surface area contributed by atoms with Crippen molar-refractivity contribution in [2.24, 2.45) is 0 Å². The first-order chi connectivity index (χ1) is 12.7. The average molecular weight is 369 g/mol. The molecule has 1 atom stereocenters. The van der Waals surface area contributed by atoms with Gasteiger partial charge in [-0.3, -0.25) is 9.69 Å². The molecule has 136 valence electrons. The zero-order chi connectivity index (χ0) is 18.4. The van der Waals surface area contributed by atoms with Gasteiger partial charge in [0, 0.05) is 12.1 Å². The number of nitrogens with one attached hydrogen (secondary N) is 1. The van der Waals surface area contributed by atoms with Crippen LogP contribution in [-0.2, 0) is 0 Å². The third-order valence-electron chi connectivity index (χ3n) is 4.45. The molecular weight excluding hydrogens is 346 g/mol. The molecule has 1 N–H and O–H groups in total. The number of carbonyl (C=O) groups is 1. The minimum absolute atomic E-state index is 0.0671. The molecule has 0 aliphatic rings. The fourth-order valence-corrected chi connectivity index (χ4v) is 3.69. The number of rotatable bonds is 8. The second-order valence-corrected chi connectivity index (χ2v) is 6.67. The first kappa shape index (κ1) is 18.3. The molecule has 0 bridgehead atoms. The molecule has 0 saturated carbocycles. The van der Waals surface area contributed by atoms with Crippen molar-refractivity contribution in [1.29, 1.82) is 0 Å². The summed E-state index contributed by atoms with van der Waals surface area (Å²) in [6, 6.07) is 9.67. The highest BCUT2D eigenvalue weighted by molar-refractivity contribution is 7.07. The molecule has 2 heterocycles. The third-order valence-corrected chi connectivity index (χ3v) is 5.15. The Hall–Kier alpha value is -2.51. The maximum absolute atomic E-state index is 12.6. The Labute approximate surface area is 157 Å².